The van der Waals surface area contributed by atoms with Gasteiger partial charge in [0, 0.05) is 0 Å². The van der Waals surface area contributed by atoms with Crippen molar-refractivity contribution in [1.29, 1.82) is 0 Å². The third-order valence-corrected chi connectivity index (χ3v) is 11.7. The van der Waals surface area contributed by atoms with Gasteiger partial charge in [0.1, 0.15) is 0 Å². The first-order valence-corrected chi connectivity index (χ1v) is 21.2. The summed E-state index contributed by atoms with van der Waals surface area (Å²) in [6.45, 7) is 0. The fourth-order valence-electron chi connectivity index (χ4n) is 3.92. The van der Waals surface area contributed by atoms with Gasteiger partial charge in [-0.3, -0.25) is 0 Å². The number of hydrogen-bond donors (Lipinski definition) is 0. The summed E-state index contributed by atoms with van der Waals surface area (Å²) >= 11 is 0. The van der Waals surface area contributed by atoms with Crippen LogP contribution >= 0.6 is 0 Å². The topological polar surface area (TPSA) is 172 Å². The van der Waals surface area contributed by atoms with E-state index in [1.165, 1.54) is 0 Å². The third-order valence-electron chi connectivity index (χ3n) is 9.02. The minimum absolute atomic E-state index is 0. The molecule has 0 aliphatic heterocycles. The molecule has 0 radical (unpaired) electrons. The Bertz CT molecular complexity index is 2500. The maximum absolute atomic E-state index is 13.0. The Morgan fingerprint density at radius 3 is 0.284 bits per heavy atom. The van der Waals surface area contributed by atoms with E-state index in [4.69, 9.17) is 0 Å². The second-order valence-corrected chi connectivity index (χ2v) is 19.0. The van der Waals surface area contributed by atoms with Gasteiger partial charge in [-0.25, -0.2) is 25.3 Å². The summed E-state index contributed by atoms with van der Waals surface area (Å²) in [6, 6.07) is 0. The summed E-state index contributed by atoms with van der Waals surface area (Å²) in [6.07, 6.45) is -23.7. The van der Waals surface area contributed by atoms with Crippen molar-refractivity contribution in [1.82, 2.24) is 0 Å². The Morgan fingerprint density at radius 1 is 0.148 bits per heavy atom. The molecule has 0 fully saturated rings. The van der Waals surface area contributed by atoms with E-state index in [9.17, 15) is 263 Å². The molecule has 0 aromatic heterocycles. The van der Waals surface area contributed by atoms with E-state index in [2.05, 4.69) is 0 Å². The molecule has 64 heteroatoms. The second-order valence-electron chi connectivity index (χ2n) is 14.7. The average molecular weight is 1610 g/mol. The van der Waals surface area contributed by atoms with E-state index < -0.39 is 171 Å². The summed E-state index contributed by atoms with van der Waals surface area (Å²) in [5.74, 6) is -156. The Balaban J connectivity index is -0.000000598. The van der Waals surface area contributed by atoms with Crippen molar-refractivity contribution in [3.8, 4) is 0 Å². The summed E-state index contributed by atoms with van der Waals surface area (Å²) in [4.78, 5) is 0. The van der Waals surface area contributed by atoms with Crippen LogP contribution in [0.1, 0.15) is 0 Å². The van der Waals surface area contributed by atoms with Gasteiger partial charge in [-0.05, 0) is 0 Å². The standard InChI is InChI=1S/3C8HF17O3S.In/c3*9-1(10,3(13,14)5(17,18)7(21,22)23)2(11,12)4(15,16)6(19,20)8(24,25)29(26,27)28;/h3*(H,26,27,28);/q;;;+3/p-3. The van der Waals surface area contributed by atoms with E-state index in [0.717, 1.165) is 0 Å². The summed E-state index contributed by atoms with van der Waals surface area (Å²) in [7, 11) is -24.4. The van der Waals surface area contributed by atoms with Crippen LogP contribution in [0, 0.1) is 0 Å². The Hall–Kier alpha value is -2.97. The molecule has 0 aromatic carbocycles. The molecule has 528 valence electrons. The van der Waals surface area contributed by atoms with Gasteiger partial charge in [0.15, 0.2) is 30.4 Å². The van der Waals surface area contributed by atoms with Gasteiger partial charge in [-0.2, -0.15) is 224 Å². The largest absolute Gasteiger partial charge is 3.00 e. The molecule has 0 atom stereocenters. The normalized spacial score (nSPS) is 16.7. The predicted octanol–water partition coefficient (Wildman–Crippen LogP) is 13.1. The molecule has 0 heterocycles. The Kier molecular flexibility index (Phi) is 23.8. The van der Waals surface area contributed by atoms with Crippen molar-refractivity contribution in [2.75, 3.05) is 0 Å². The fraction of sp³-hybridized carbons (Fsp3) is 1.00. The van der Waals surface area contributed by atoms with Crippen LogP contribution in [-0.2, 0) is 30.4 Å². The monoisotopic (exact) mass is 1610 g/mol. The second kappa shape index (κ2) is 22.9. The third kappa shape index (κ3) is 12.3. The van der Waals surface area contributed by atoms with Crippen molar-refractivity contribution in [2.24, 2.45) is 0 Å². The van der Waals surface area contributed by atoms with Crippen LogP contribution in [-0.4, -0.2) is 206 Å². The maximum atomic E-state index is 13.0. The van der Waals surface area contributed by atoms with Crippen LogP contribution in [0.2, 0.25) is 0 Å². The van der Waals surface area contributed by atoms with Gasteiger partial charge >= 0.3 is 167 Å². The smallest absolute Gasteiger partial charge is 0.743 e. The van der Waals surface area contributed by atoms with Crippen molar-refractivity contribution >= 4 is 56.2 Å². The zero-order valence-corrected chi connectivity index (χ0v) is 42.5. The molecule has 0 aliphatic carbocycles. The molecule has 0 aliphatic rings. The van der Waals surface area contributed by atoms with Crippen molar-refractivity contribution in [3.05, 3.63) is 0 Å². The van der Waals surface area contributed by atoms with E-state index in [1.807, 2.05) is 0 Å². The SMILES string of the molecule is O=S(=O)([O-])C(F)(F)C(F)(F)C(F)(F)C(F)(F)C(F)(F)C(F)(F)C(F)(F)C(F)(F)F.O=S(=O)([O-])C(F)(F)C(F)(F)C(F)(F)C(F)(F)C(F)(F)C(F)(F)C(F)(F)C(F)(F)F.O=S(=O)([O-])C(F)(F)C(F)(F)C(F)(F)C(F)(F)C(F)(F)C(F)(F)C(F)(F)C(F)(F)F.[In+3]. The van der Waals surface area contributed by atoms with Crippen molar-refractivity contribution < 1.29 is 263 Å². The molecular weight excluding hydrogens is 1610 g/mol. The summed E-state index contributed by atoms with van der Waals surface area (Å²) in [5, 5.41) is -23.9. The van der Waals surface area contributed by atoms with Gasteiger partial charge in [0.2, 0.25) is 0 Å². The first kappa shape index (κ1) is 91.4. The Labute approximate surface area is 459 Å². The van der Waals surface area contributed by atoms with E-state index in [0.29, 0.717) is 0 Å². The van der Waals surface area contributed by atoms with Gasteiger partial charge < -0.3 is 13.7 Å². The molecule has 0 amide bonds. The van der Waals surface area contributed by atoms with Gasteiger partial charge in [-0.1, -0.05) is 0 Å². The van der Waals surface area contributed by atoms with Gasteiger partial charge in [0.25, 0.3) is 0 Å². The van der Waals surface area contributed by atoms with E-state index in [-0.39, 0.29) is 25.8 Å². The minimum atomic E-state index is -8.92. The first-order chi connectivity index (χ1) is 36.0. The summed E-state index contributed by atoms with van der Waals surface area (Å²) < 4.78 is 732. The summed E-state index contributed by atoms with van der Waals surface area (Å²) in [5.41, 5.74) is 0. The zero-order chi connectivity index (χ0) is 73.5. The molecule has 0 saturated carbocycles. The molecule has 0 saturated heterocycles. The maximum Gasteiger partial charge on any atom is 3.00 e. The van der Waals surface area contributed by atoms with Crippen LogP contribution < -0.4 is 0 Å². The van der Waals surface area contributed by atoms with Crippen LogP contribution in [0.5, 0.6) is 0 Å². The Morgan fingerprint density at radius 2 is 0.216 bits per heavy atom. The zero-order valence-electron chi connectivity index (χ0n) is 36.8. The van der Waals surface area contributed by atoms with Gasteiger partial charge in [0.05, 0.1) is 0 Å². The number of halogens is 51. The van der Waals surface area contributed by atoms with Crippen LogP contribution in [0.15, 0.2) is 0 Å². The molecule has 88 heavy (non-hydrogen) atoms. The number of hydrogen-bond acceptors (Lipinski definition) is 9. The predicted molar refractivity (Wildman–Crippen MR) is 157 cm³/mol. The molecular formula is C24F51InO9S3. The minimum Gasteiger partial charge on any atom is -0.743 e. The van der Waals surface area contributed by atoms with Gasteiger partial charge in [-0.15, -0.1) is 0 Å². The average Bonchev–Trinajstić information content (AvgIpc) is 3.23. The number of rotatable bonds is 21. The van der Waals surface area contributed by atoms with E-state index in [1.54, 1.807) is 0 Å². The fourth-order valence-corrected chi connectivity index (χ4v) is 5.25. The van der Waals surface area contributed by atoms with Crippen molar-refractivity contribution in [3.63, 3.8) is 0 Å². The van der Waals surface area contributed by atoms with E-state index >= 15 is 0 Å². The molecule has 0 aromatic rings. The van der Waals surface area contributed by atoms with Crippen LogP contribution in [0.25, 0.3) is 0 Å². The molecule has 0 spiro atoms. The molecule has 0 bridgehead atoms. The molecule has 9 nitrogen and oxygen atoms in total. The molecule has 0 unspecified atom stereocenters. The van der Waals surface area contributed by atoms with Crippen LogP contribution in [0.3, 0.4) is 0 Å². The van der Waals surface area contributed by atoms with Crippen molar-refractivity contribution in [2.45, 2.75) is 141 Å². The quantitative estimate of drug-likeness (QED) is 0.0801. The molecule has 0 N–H and O–H groups in total. The first-order valence-electron chi connectivity index (χ1n) is 17.0. The number of alkyl halides is 51. The molecule has 0 rings (SSSR count). The van der Waals surface area contributed by atoms with Crippen LogP contribution in [0.4, 0.5) is 224 Å².